The lowest BCUT2D eigenvalue weighted by Gasteiger charge is -2.15. The maximum absolute atomic E-state index is 12.9. The Bertz CT molecular complexity index is 1500. The van der Waals surface area contributed by atoms with Crippen molar-refractivity contribution in [1.29, 1.82) is 0 Å². The van der Waals surface area contributed by atoms with Crippen LogP contribution in [0.3, 0.4) is 0 Å². The third-order valence-electron chi connectivity index (χ3n) is 5.79. The summed E-state index contributed by atoms with van der Waals surface area (Å²) in [6.45, 7) is 3.76. The van der Waals surface area contributed by atoms with Gasteiger partial charge in [0.05, 0.1) is 16.6 Å². The topological polar surface area (TPSA) is 134 Å². The minimum absolute atomic E-state index is 0.00916. The number of halogens is 1. The van der Waals surface area contributed by atoms with Crippen LogP contribution in [0.5, 0.6) is 11.5 Å². The summed E-state index contributed by atoms with van der Waals surface area (Å²) in [5, 5.41) is 14.3. The van der Waals surface area contributed by atoms with Crippen LogP contribution in [0.2, 0.25) is 0 Å². The second kappa shape index (κ2) is 12.5. The number of nitrogens with zero attached hydrogens (tertiary/aromatic N) is 1. The maximum atomic E-state index is 12.9. The minimum Gasteiger partial charge on any atom is -0.490 e. The van der Waals surface area contributed by atoms with E-state index < -0.39 is 30.4 Å². The summed E-state index contributed by atoms with van der Waals surface area (Å²) in [5.41, 5.74) is 3.02. The molecule has 0 atom stereocenters. The number of nitrogens with one attached hydrogen (secondary N) is 2. The first-order valence-corrected chi connectivity index (χ1v) is 13.1. The zero-order valence-electron chi connectivity index (χ0n) is 21.7. The molecule has 0 aliphatic carbocycles. The third-order valence-corrected chi connectivity index (χ3v) is 6.38. The number of carboxylic acid groups (broad SMARTS) is 1. The molecule has 0 unspecified atom stereocenters. The number of benzene rings is 3. The smallest absolute Gasteiger partial charge is 0.335 e. The summed E-state index contributed by atoms with van der Waals surface area (Å²) in [6, 6.07) is 16.2. The van der Waals surface area contributed by atoms with Crippen molar-refractivity contribution >= 4 is 51.5 Å². The van der Waals surface area contributed by atoms with Gasteiger partial charge in [-0.1, -0.05) is 24.3 Å². The van der Waals surface area contributed by atoms with Crippen molar-refractivity contribution in [3.8, 4) is 11.5 Å². The Morgan fingerprint density at radius 2 is 1.82 bits per heavy atom. The number of urea groups is 1. The van der Waals surface area contributed by atoms with Crippen molar-refractivity contribution in [2.45, 2.75) is 20.5 Å². The molecule has 0 radical (unpaired) electrons. The molecule has 1 aliphatic rings. The number of anilines is 1. The van der Waals surface area contributed by atoms with Crippen molar-refractivity contribution in [3.05, 3.63) is 93.1 Å². The van der Waals surface area contributed by atoms with Gasteiger partial charge in [-0.2, -0.15) is 0 Å². The Morgan fingerprint density at radius 1 is 1.07 bits per heavy atom. The second-order valence-electron chi connectivity index (χ2n) is 8.85. The number of rotatable bonds is 10. The molecule has 10 nitrogen and oxygen atoms in total. The van der Waals surface area contributed by atoms with E-state index in [-0.39, 0.29) is 17.9 Å². The van der Waals surface area contributed by atoms with E-state index in [0.717, 1.165) is 16.0 Å². The second-order valence-corrected chi connectivity index (χ2v) is 9.71. The van der Waals surface area contributed by atoms with Crippen LogP contribution in [0.25, 0.3) is 6.08 Å². The number of carboxylic acids is 1. The molecule has 3 N–H and O–H groups in total. The highest BCUT2D eigenvalue weighted by Crippen LogP contribution is 2.38. The number of aryl methyl sites for hydroxylation is 1. The molecule has 1 heterocycles. The fraction of sp³-hybridized carbons (Fsp3) is 0.172. The maximum Gasteiger partial charge on any atom is 0.335 e. The normalized spacial score (nSPS) is 13.8. The molecule has 0 bridgehead atoms. The summed E-state index contributed by atoms with van der Waals surface area (Å²) in [7, 11) is 0. The summed E-state index contributed by atoms with van der Waals surface area (Å²) >= 11 is 3.48. The largest absolute Gasteiger partial charge is 0.490 e. The van der Waals surface area contributed by atoms with Crippen LogP contribution in [0, 0.1) is 6.92 Å². The number of ether oxygens (including phenoxy) is 2. The number of hydrogen-bond donors (Lipinski definition) is 3. The Labute approximate surface area is 238 Å². The molecule has 4 rings (SSSR count). The summed E-state index contributed by atoms with van der Waals surface area (Å²) < 4.78 is 12.2. The molecule has 40 heavy (non-hydrogen) atoms. The lowest BCUT2D eigenvalue weighted by Crippen LogP contribution is -2.38. The number of amides is 4. The number of imide groups is 1. The van der Waals surface area contributed by atoms with Crippen LogP contribution in [-0.2, 0) is 16.2 Å². The minimum atomic E-state index is -1.01. The molecule has 1 aliphatic heterocycles. The van der Waals surface area contributed by atoms with Gasteiger partial charge < -0.3 is 25.2 Å². The van der Waals surface area contributed by atoms with Crippen molar-refractivity contribution in [1.82, 2.24) is 10.2 Å². The van der Waals surface area contributed by atoms with Crippen molar-refractivity contribution in [3.63, 3.8) is 0 Å². The predicted octanol–water partition coefficient (Wildman–Crippen LogP) is 4.96. The van der Waals surface area contributed by atoms with Gasteiger partial charge in [0.2, 0.25) is 5.91 Å². The van der Waals surface area contributed by atoms with E-state index in [2.05, 4.69) is 26.6 Å². The summed E-state index contributed by atoms with van der Waals surface area (Å²) in [6.07, 6.45) is 1.49. The van der Waals surface area contributed by atoms with E-state index in [1.165, 1.54) is 18.2 Å². The first-order chi connectivity index (χ1) is 19.1. The SMILES string of the molecule is CCOc1cc(/C=C2/NC(=O)N(CC(=O)Nc3cccc(C)c3)C2=O)cc(Br)c1OCc1ccc(C(=O)O)cc1. The van der Waals surface area contributed by atoms with Crippen LogP contribution in [0.15, 0.2) is 70.8 Å². The average Bonchev–Trinajstić information content (AvgIpc) is 3.15. The van der Waals surface area contributed by atoms with Gasteiger partial charge in [-0.3, -0.25) is 9.59 Å². The van der Waals surface area contributed by atoms with E-state index in [9.17, 15) is 19.2 Å². The molecule has 3 aromatic rings. The molecule has 3 aromatic carbocycles. The monoisotopic (exact) mass is 607 g/mol. The molecule has 0 aromatic heterocycles. The fourth-order valence-corrected chi connectivity index (χ4v) is 4.50. The quantitative estimate of drug-likeness (QED) is 0.219. The summed E-state index contributed by atoms with van der Waals surface area (Å²) in [4.78, 5) is 49.8. The molecular weight excluding hydrogens is 582 g/mol. The van der Waals surface area contributed by atoms with E-state index >= 15 is 0 Å². The van der Waals surface area contributed by atoms with Crippen molar-refractivity contribution in [2.75, 3.05) is 18.5 Å². The van der Waals surface area contributed by atoms with Crippen LogP contribution in [0.1, 0.15) is 34.0 Å². The zero-order chi connectivity index (χ0) is 28.8. The van der Waals surface area contributed by atoms with Crippen LogP contribution in [-0.4, -0.2) is 47.0 Å². The lowest BCUT2D eigenvalue weighted by atomic mass is 10.1. The highest BCUT2D eigenvalue weighted by Gasteiger charge is 2.35. The van der Waals surface area contributed by atoms with Crippen LogP contribution in [0.4, 0.5) is 10.5 Å². The van der Waals surface area contributed by atoms with E-state index in [1.54, 1.807) is 42.5 Å². The van der Waals surface area contributed by atoms with E-state index in [0.29, 0.717) is 33.8 Å². The molecule has 11 heteroatoms. The standard InChI is InChI=1S/C29H26BrN3O7/c1-3-39-24-14-19(12-22(30)26(24)40-16-18-7-9-20(10-8-18)28(36)37)13-23-27(35)33(29(38)32-23)15-25(34)31-21-6-4-5-17(2)11-21/h4-14H,3,15-16H2,1-2H3,(H,31,34)(H,32,38)(H,36,37)/b23-13+. The van der Waals surface area contributed by atoms with Crippen molar-refractivity contribution < 1.29 is 33.8 Å². The first kappa shape index (κ1) is 28.4. The van der Waals surface area contributed by atoms with Gasteiger partial charge in [-0.05, 0) is 88.9 Å². The van der Waals surface area contributed by atoms with Gasteiger partial charge in [0.25, 0.3) is 5.91 Å². The van der Waals surface area contributed by atoms with Gasteiger partial charge in [-0.15, -0.1) is 0 Å². The van der Waals surface area contributed by atoms with Crippen molar-refractivity contribution in [2.24, 2.45) is 0 Å². The highest BCUT2D eigenvalue weighted by atomic mass is 79.9. The number of hydrogen-bond acceptors (Lipinski definition) is 6. The molecule has 206 valence electrons. The predicted molar refractivity (Wildman–Crippen MR) is 151 cm³/mol. The highest BCUT2D eigenvalue weighted by molar-refractivity contribution is 9.10. The van der Waals surface area contributed by atoms with Crippen LogP contribution < -0.4 is 20.1 Å². The molecule has 0 spiro atoms. The molecule has 1 fully saturated rings. The van der Waals surface area contributed by atoms with Gasteiger partial charge >= 0.3 is 12.0 Å². The van der Waals surface area contributed by atoms with Gasteiger partial charge in [0, 0.05) is 5.69 Å². The third kappa shape index (κ3) is 6.86. The average molecular weight is 608 g/mol. The number of carbonyl (C=O) groups excluding carboxylic acids is 3. The number of aromatic carboxylic acids is 1. The molecular formula is C29H26BrN3O7. The Hall–Kier alpha value is -4.64. The number of carbonyl (C=O) groups is 4. The van der Waals surface area contributed by atoms with Gasteiger partial charge in [-0.25, -0.2) is 14.5 Å². The molecule has 1 saturated heterocycles. The van der Waals surface area contributed by atoms with Crippen LogP contribution >= 0.6 is 15.9 Å². The van der Waals surface area contributed by atoms with E-state index in [1.807, 2.05) is 19.9 Å². The Morgan fingerprint density at radius 3 is 2.50 bits per heavy atom. The Balaban J connectivity index is 1.48. The Kier molecular flexibility index (Phi) is 8.85. The van der Waals surface area contributed by atoms with Gasteiger partial charge in [0.1, 0.15) is 18.8 Å². The molecule has 4 amide bonds. The summed E-state index contributed by atoms with van der Waals surface area (Å²) in [5.74, 6) is -1.33. The lowest BCUT2D eigenvalue weighted by molar-refractivity contribution is -0.127. The van der Waals surface area contributed by atoms with E-state index in [4.69, 9.17) is 14.6 Å². The van der Waals surface area contributed by atoms with Gasteiger partial charge in [0.15, 0.2) is 11.5 Å². The first-order valence-electron chi connectivity index (χ1n) is 12.3. The fourth-order valence-electron chi connectivity index (χ4n) is 3.92. The molecule has 0 saturated carbocycles. The zero-order valence-corrected chi connectivity index (χ0v) is 23.3.